The van der Waals surface area contributed by atoms with Crippen LogP contribution >= 0.6 is 0 Å². The molecule has 0 bridgehead atoms. The number of hydrogen-bond acceptors (Lipinski definition) is 5. The Labute approximate surface area is 266 Å². The van der Waals surface area contributed by atoms with Crippen molar-refractivity contribution in [2.75, 3.05) is 0 Å². The molecule has 0 fully saturated rings. The lowest BCUT2D eigenvalue weighted by atomic mass is 9.85. The fourth-order valence-electron chi connectivity index (χ4n) is 6.85. The standard InChI is InChI=1S/C40H28N6/c1-40(2)32-24-34-30(23-31(32)35-36(40)42-21-20-41-35)29-18-9-10-19-33(29)46(34)28-17-11-16-27(22-28)39-44-37(25-12-5-3-6-13-25)43-38(45-39)26-14-7-4-8-15-26/h3-24H,1-2H3. The molecule has 5 aromatic carbocycles. The topological polar surface area (TPSA) is 69.4 Å². The minimum atomic E-state index is -0.261. The van der Waals surface area contributed by atoms with E-state index in [2.05, 4.69) is 79.1 Å². The van der Waals surface area contributed by atoms with Gasteiger partial charge in [0.1, 0.15) is 0 Å². The molecule has 8 aromatic rings. The molecule has 0 saturated carbocycles. The van der Waals surface area contributed by atoms with Crippen LogP contribution in [-0.2, 0) is 5.41 Å². The Morgan fingerprint density at radius 3 is 1.85 bits per heavy atom. The molecular weight excluding hydrogens is 564 g/mol. The Hall–Kier alpha value is -6.01. The van der Waals surface area contributed by atoms with Gasteiger partial charge in [-0.2, -0.15) is 0 Å². The summed E-state index contributed by atoms with van der Waals surface area (Å²) in [6.45, 7) is 4.47. The maximum atomic E-state index is 4.99. The second-order valence-electron chi connectivity index (χ2n) is 12.2. The van der Waals surface area contributed by atoms with Gasteiger partial charge in [0, 0.05) is 56.5 Å². The van der Waals surface area contributed by atoms with Gasteiger partial charge < -0.3 is 4.57 Å². The molecule has 0 atom stereocenters. The lowest BCUT2D eigenvalue weighted by molar-refractivity contribution is 0.635. The molecule has 6 heteroatoms. The number of aromatic nitrogens is 6. The molecule has 9 rings (SSSR count). The molecule has 0 aliphatic heterocycles. The molecule has 6 nitrogen and oxygen atoms in total. The number of para-hydroxylation sites is 1. The van der Waals surface area contributed by atoms with Crippen LogP contribution in [0.3, 0.4) is 0 Å². The molecule has 0 spiro atoms. The summed E-state index contributed by atoms with van der Waals surface area (Å²) < 4.78 is 2.35. The van der Waals surface area contributed by atoms with Crippen LogP contribution < -0.4 is 0 Å². The van der Waals surface area contributed by atoms with Crippen molar-refractivity contribution >= 4 is 21.8 Å². The van der Waals surface area contributed by atoms with Gasteiger partial charge >= 0.3 is 0 Å². The Morgan fingerprint density at radius 1 is 0.522 bits per heavy atom. The molecule has 0 saturated heterocycles. The van der Waals surface area contributed by atoms with Gasteiger partial charge in [0.05, 0.1) is 22.4 Å². The van der Waals surface area contributed by atoms with E-state index in [-0.39, 0.29) is 5.41 Å². The summed E-state index contributed by atoms with van der Waals surface area (Å²) in [7, 11) is 0. The van der Waals surface area contributed by atoms with Crippen LogP contribution in [0.15, 0.2) is 134 Å². The van der Waals surface area contributed by atoms with E-state index in [9.17, 15) is 0 Å². The van der Waals surface area contributed by atoms with E-state index in [1.165, 1.54) is 16.3 Å². The second kappa shape index (κ2) is 10.0. The van der Waals surface area contributed by atoms with Crippen LogP contribution in [0.5, 0.6) is 0 Å². The quantitative estimate of drug-likeness (QED) is 0.204. The molecule has 46 heavy (non-hydrogen) atoms. The van der Waals surface area contributed by atoms with Gasteiger partial charge in [-0.15, -0.1) is 0 Å². The third-order valence-corrected chi connectivity index (χ3v) is 9.09. The third-order valence-electron chi connectivity index (χ3n) is 9.09. The summed E-state index contributed by atoms with van der Waals surface area (Å²) in [6.07, 6.45) is 3.58. The first-order valence-corrected chi connectivity index (χ1v) is 15.4. The SMILES string of the molecule is CC1(C)c2cc3c(cc2-c2nccnc21)c1ccccc1n3-c1cccc(-c2nc(-c3ccccc3)nc(-c3ccccc3)n2)c1. The zero-order chi connectivity index (χ0) is 30.8. The average molecular weight is 593 g/mol. The zero-order valence-electron chi connectivity index (χ0n) is 25.4. The molecule has 218 valence electrons. The van der Waals surface area contributed by atoms with Crippen molar-refractivity contribution in [2.24, 2.45) is 0 Å². The van der Waals surface area contributed by atoms with Crippen molar-refractivity contribution in [3.05, 3.63) is 145 Å². The van der Waals surface area contributed by atoms with Gasteiger partial charge in [-0.3, -0.25) is 9.97 Å². The van der Waals surface area contributed by atoms with Gasteiger partial charge in [0.25, 0.3) is 0 Å². The highest BCUT2D eigenvalue weighted by Crippen LogP contribution is 2.49. The van der Waals surface area contributed by atoms with Crippen LogP contribution in [0.25, 0.3) is 72.9 Å². The number of rotatable bonds is 4. The molecule has 1 aliphatic rings. The van der Waals surface area contributed by atoms with Gasteiger partial charge in [-0.05, 0) is 35.9 Å². The lowest BCUT2D eigenvalue weighted by Crippen LogP contribution is -2.16. The zero-order valence-corrected chi connectivity index (χ0v) is 25.4. The molecule has 0 radical (unpaired) electrons. The van der Waals surface area contributed by atoms with Crippen molar-refractivity contribution in [1.82, 2.24) is 29.5 Å². The number of fused-ring (bicyclic) bond motifs is 6. The summed E-state index contributed by atoms with van der Waals surface area (Å²) in [5.74, 6) is 1.92. The highest BCUT2D eigenvalue weighted by atomic mass is 15.0. The van der Waals surface area contributed by atoms with E-state index in [4.69, 9.17) is 24.9 Å². The number of nitrogens with zero attached hydrogens (tertiary/aromatic N) is 6. The lowest BCUT2D eigenvalue weighted by Gasteiger charge is -2.20. The number of benzene rings is 5. The van der Waals surface area contributed by atoms with Crippen LogP contribution in [0.2, 0.25) is 0 Å². The van der Waals surface area contributed by atoms with Gasteiger partial charge in [-0.1, -0.05) is 105 Å². The fourth-order valence-corrected chi connectivity index (χ4v) is 6.85. The van der Waals surface area contributed by atoms with Crippen LogP contribution in [-0.4, -0.2) is 29.5 Å². The molecular formula is C40H28N6. The average Bonchev–Trinajstić information content (AvgIpc) is 3.56. The fraction of sp³-hybridized carbons (Fsp3) is 0.0750. The molecule has 0 unspecified atom stereocenters. The molecule has 3 aromatic heterocycles. The Bertz CT molecular complexity index is 2390. The highest BCUT2D eigenvalue weighted by Gasteiger charge is 2.38. The summed E-state index contributed by atoms with van der Waals surface area (Å²) >= 11 is 0. The van der Waals surface area contributed by atoms with Crippen LogP contribution in [0, 0.1) is 0 Å². The monoisotopic (exact) mass is 592 g/mol. The predicted octanol–water partition coefficient (Wildman–Crippen LogP) is 9.07. The maximum Gasteiger partial charge on any atom is 0.164 e. The van der Waals surface area contributed by atoms with Gasteiger partial charge in [-0.25, -0.2) is 15.0 Å². The van der Waals surface area contributed by atoms with Crippen molar-refractivity contribution in [3.8, 4) is 51.1 Å². The third kappa shape index (κ3) is 4.00. The smallest absolute Gasteiger partial charge is 0.164 e. The summed E-state index contributed by atoms with van der Waals surface area (Å²) in [4.78, 5) is 24.4. The van der Waals surface area contributed by atoms with Crippen LogP contribution in [0.4, 0.5) is 0 Å². The first-order chi connectivity index (χ1) is 22.6. The summed E-state index contributed by atoms with van der Waals surface area (Å²) in [5, 5.41) is 2.38. The van der Waals surface area contributed by atoms with Crippen molar-refractivity contribution in [1.29, 1.82) is 0 Å². The molecule has 3 heterocycles. The Balaban J connectivity index is 1.26. The van der Waals surface area contributed by atoms with Gasteiger partial charge in [0.15, 0.2) is 17.5 Å². The minimum Gasteiger partial charge on any atom is -0.309 e. The summed E-state index contributed by atoms with van der Waals surface area (Å²) in [5.41, 5.74) is 10.3. The largest absolute Gasteiger partial charge is 0.309 e. The maximum absolute atomic E-state index is 4.99. The normalized spacial score (nSPS) is 13.2. The van der Waals surface area contributed by atoms with E-state index >= 15 is 0 Å². The predicted molar refractivity (Wildman–Crippen MR) is 184 cm³/mol. The second-order valence-corrected chi connectivity index (χ2v) is 12.2. The van der Waals surface area contributed by atoms with Crippen molar-refractivity contribution in [2.45, 2.75) is 19.3 Å². The van der Waals surface area contributed by atoms with Crippen LogP contribution in [0.1, 0.15) is 25.1 Å². The highest BCUT2D eigenvalue weighted by molar-refractivity contribution is 6.11. The van der Waals surface area contributed by atoms with Gasteiger partial charge in [0.2, 0.25) is 0 Å². The first kappa shape index (κ1) is 26.4. The first-order valence-electron chi connectivity index (χ1n) is 15.4. The molecule has 0 N–H and O–H groups in total. The van der Waals surface area contributed by atoms with E-state index in [1.807, 2.05) is 60.7 Å². The van der Waals surface area contributed by atoms with E-state index in [0.717, 1.165) is 50.4 Å². The van der Waals surface area contributed by atoms with Crippen molar-refractivity contribution in [3.63, 3.8) is 0 Å². The van der Waals surface area contributed by atoms with E-state index in [0.29, 0.717) is 17.5 Å². The van der Waals surface area contributed by atoms with E-state index < -0.39 is 0 Å². The Kier molecular flexibility index (Phi) is 5.74. The molecule has 1 aliphatic carbocycles. The van der Waals surface area contributed by atoms with Crippen molar-refractivity contribution < 1.29 is 0 Å². The Morgan fingerprint density at radius 2 is 1.13 bits per heavy atom. The molecule has 0 amide bonds. The number of hydrogen-bond donors (Lipinski definition) is 0. The summed E-state index contributed by atoms with van der Waals surface area (Å²) in [6, 6.07) is 41.9. The minimum absolute atomic E-state index is 0.261. The van der Waals surface area contributed by atoms with E-state index in [1.54, 1.807) is 12.4 Å².